The minimum Gasteiger partial charge on any atom is -0.494 e. The SMILES string of the molecule is CCOc1ccc(-n2c(C(C)N3CCN(C(=O)COc4ccc(Cl)cc4)CC3)nc3ccccc3c2=O)cc1. The maximum Gasteiger partial charge on any atom is 0.266 e. The first-order valence-corrected chi connectivity index (χ1v) is 13.5. The number of benzene rings is 3. The first kappa shape index (κ1) is 26.7. The Labute approximate surface area is 232 Å². The number of fused-ring (bicyclic) bond motifs is 1. The summed E-state index contributed by atoms with van der Waals surface area (Å²) in [6.45, 7) is 6.97. The zero-order valence-corrected chi connectivity index (χ0v) is 22.8. The number of hydrogen-bond donors (Lipinski definition) is 0. The predicted molar refractivity (Wildman–Crippen MR) is 152 cm³/mol. The monoisotopic (exact) mass is 546 g/mol. The van der Waals surface area contributed by atoms with Gasteiger partial charge < -0.3 is 14.4 Å². The standard InChI is InChI=1S/C30H31ClN4O4/c1-3-38-24-14-10-23(11-15-24)35-29(32-27-7-5-4-6-26(27)30(35)37)21(2)33-16-18-34(19-17-33)28(36)20-39-25-12-8-22(31)9-13-25/h4-15,21H,3,16-20H2,1-2H3. The highest BCUT2D eigenvalue weighted by Gasteiger charge is 2.28. The van der Waals surface area contributed by atoms with Crippen LogP contribution in [0.1, 0.15) is 25.7 Å². The summed E-state index contributed by atoms with van der Waals surface area (Å²) >= 11 is 5.92. The number of piperazine rings is 1. The van der Waals surface area contributed by atoms with Crippen molar-refractivity contribution in [3.05, 3.63) is 94.0 Å². The van der Waals surface area contributed by atoms with Crippen LogP contribution >= 0.6 is 11.6 Å². The maximum absolute atomic E-state index is 13.7. The summed E-state index contributed by atoms with van der Waals surface area (Å²) in [5.41, 5.74) is 1.29. The van der Waals surface area contributed by atoms with Crippen LogP contribution in [-0.2, 0) is 4.79 Å². The molecule has 9 heteroatoms. The fourth-order valence-corrected chi connectivity index (χ4v) is 4.95. The van der Waals surface area contributed by atoms with Crippen molar-refractivity contribution in [2.75, 3.05) is 39.4 Å². The molecule has 0 bridgehead atoms. The van der Waals surface area contributed by atoms with E-state index in [4.69, 9.17) is 26.1 Å². The van der Waals surface area contributed by atoms with Crippen molar-refractivity contribution in [1.29, 1.82) is 0 Å². The molecule has 0 radical (unpaired) electrons. The fraction of sp³-hybridized carbons (Fsp3) is 0.300. The smallest absolute Gasteiger partial charge is 0.266 e. The van der Waals surface area contributed by atoms with E-state index in [-0.39, 0.29) is 24.1 Å². The molecular weight excluding hydrogens is 516 g/mol. The first-order chi connectivity index (χ1) is 18.9. The minimum absolute atomic E-state index is 0.0271. The molecule has 0 saturated carbocycles. The molecule has 1 aromatic heterocycles. The van der Waals surface area contributed by atoms with Crippen LogP contribution in [0.4, 0.5) is 0 Å². The van der Waals surface area contributed by atoms with E-state index >= 15 is 0 Å². The summed E-state index contributed by atoms with van der Waals surface area (Å²) in [7, 11) is 0. The molecule has 4 aromatic rings. The van der Waals surface area contributed by atoms with E-state index in [2.05, 4.69) is 11.8 Å². The van der Waals surface area contributed by atoms with E-state index in [1.807, 2.05) is 54.3 Å². The van der Waals surface area contributed by atoms with Gasteiger partial charge in [0.15, 0.2) is 6.61 Å². The second kappa shape index (κ2) is 11.9. The van der Waals surface area contributed by atoms with Gasteiger partial charge in [0, 0.05) is 31.2 Å². The summed E-state index contributed by atoms with van der Waals surface area (Å²) in [6, 6.07) is 21.7. The van der Waals surface area contributed by atoms with Gasteiger partial charge in [0.2, 0.25) is 0 Å². The van der Waals surface area contributed by atoms with Gasteiger partial charge in [-0.15, -0.1) is 0 Å². The summed E-state index contributed by atoms with van der Waals surface area (Å²) in [5.74, 6) is 1.95. The number of carbonyl (C=O) groups excluding carboxylic acids is 1. The molecule has 1 aliphatic heterocycles. The van der Waals surface area contributed by atoms with Crippen LogP contribution in [0.25, 0.3) is 16.6 Å². The van der Waals surface area contributed by atoms with Gasteiger partial charge in [-0.2, -0.15) is 0 Å². The lowest BCUT2D eigenvalue weighted by Gasteiger charge is -2.38. The number of halogens is 1. The van der Waals surface area contributed by atoms with Crippen molar-refractivity contribution in [2.45, 2.75) is 19.9 Å². The van der Waals surface area contributed by atoms with Crippen LogP contribution in [0, 0.1) is 0 Å². The zero-order valence-electron chi connectivity index (χ0n) is 22.0. The normalized spacial score (nSPS) is 14.8. The Kier molecular flexibility index (Phi) is 8.14. The van der Waals surface area contributed by atoms with Crippen LogP contribution in [0.2, 0.25) is 5.02 Å². The highest BCUT2D eigenvalue weighted by atomic mass is 35.5. The van der Waals surface area contributed by atoms with E-state index in [1.54, 1.807) is 34.9 Å². The third kappa shape index (κ3) is 5.92. The van der Waals surface area contributed by atoms with Crippen molar-refractivity contribution in [3.8, 4) is 17.2 Å². The maximum atomic E-state index is 13.7. The largest absolute Gasteiger partial charge is 0.494 e. The Balaban J connectivity index is 1.34. The summed E-state index contributed by atoms with van der Waals surface area (Å²) in [4.78, 5) is 35.5. The summed E-state index contributed by atoms with van der Waals surface area (Å²) in [6.07, 6.45) is 0. The molecule has 1 saturated heterocycles. The van der Waals surface area contributed by atoms with Gasteiger partial charge in [-0.25, -0.2) is 4.98 Å². The van der Waals surface area contributed by atoms with Gasteiger partial charge in [0.1, 0.15) is 17.3 Å². The Bertz CT molecular complexity index is 1500. The molecule has 1 amide bonds. The quantitative estimate of drug-likeness (QED) is 0.318. The van der Waals surface area contributed by atoms with Crippen molar-refractivity contribution < 1.29 is 14.3 Å². The second-order valence-corrected chi connectivity index (χ2v) is 9.83. The van der Waals surface area contributed by atoms with Gasteiger partial charge in [-0.05, 0) is 74.5 Å². The highest BCUT2D eigenvalue weighted by molar-refractivity contribution is 6.30. The van der Waals surface area contributed by atoms with E-state index in [9.17, 15) is 9.59 Å². The van der Waals surface area contributed by atoms with Crippen molar-refractivity contribution in [1.82, 2.24) is 19.4 Å². The van der Waals surface area contributed by atoms with E-state index in [0.29, 0.717) is 60.3 Å². The van der Waals surface area contributed by atoms with Crippen molar-refractivity contribution >= 4 is 28.4 Å². The molecule has 39 heavy (non-hydrogen) atoms. The average molecular weight is 547 g/mol. The van der Waals surface area contributed by atoms with Crippen LogP contribution in [0.3, 0.4) is 0 Å². The summed E-state index contributed by atoms with van der Waals surface area (Å²) < 4.78 is 12.9. The number of amides is 1. The van der Waals surface area contributed by atoms with Crippen LogP contribution in [-0.4, -0.2) is 64.7 Å². The van der Waals surface area contributed by atoms with E-state index < -0.39 is 0 Å². The molecule has 0 N–H and O–H groups in total. The number of rotatable bonds is 8. The molecule has 0 spiro atoms. The van der Waals surface area contributed by atoms with Crippen molar-refractivity contribution in [3.63, 3.8) is 0 Å². The Morgan fingerprint density at radius 3 is 2.26 bits per heavy atom. The third-order valence-corrected chi connectivity index (χ3v) is 7.22. The number of para-hydroxylation sites is 1. The van der Waals surface area contributed by atoms with Crippen molar-refractivity contribution in [2.24, 2.45) is 0 Å². The molecule has 1 fully saturated rings. The second-order valence-electron chi connectivity index (χ2n) is 9.39. The molecule has 5 rings (SSSR count). The van der Waals surface area contributed by atoms with Crippen LogP contribution in [0.15, 0.2) is 77.6 Å². The van der Waals surface area contributed by atoms with E-state index in [0.717, 1.165) is 11.4 Å². The van der Waals surface area contributed by atoms with Gasteiger partial charge in [0.05, 0.1) is 29.2 Å². The Morgan fingerprint density at radius 1 is 0.923 bits per heavy atom. The number of nitrogens with zero attached hydrogens (tertiary/aromatic N) is 4. The molecule has 0 aliphatic carbocycles. The first-order valence-electron chi connectivity index (χ1n) is 13.1. The number of hydrogen-bond acceptors (Lipinski definition) is 6. The average Bonchev–Trinajstić information content (AvgIpc) is 2.97. The minimum atomic E-state index is -0.156. The van der Waals surface area contributed by atoms with Crippen LogP contribution < -0.4 is 15.0 Å². The highest BCUT2D eigenvalue weighted by Crippen LogP contribution is 2.25. The van der Waals surface area contributed by atoms with Gasteiger partial charge in [-0.1, -0.05) is 23.7 Å². The molecule has 1 atom stereocenters. The van der Waals surface area contributed by atoms with Crippen LogP contribution in [0.5, 0.6) is 11.5 Å². The lowest BCUT2D eigenvalue weighted by Crippen LogP contribution is -2.51. The molecule has 1 aliphatic rings. The van der Waals surface area contributed by atoms with Gasteiger partial charge in [0.25, 0.3) is 11.5 Å². The number of carbonyl (C=O) groups is 1. The molecule has 8 nitrogen and oxygen atoms in total. The van der Waals surface area contributed by atoms with E-state index in [1.165, 1.54) is 0 Å². The molecule has 202 valence electrons. The molecular formula is C30H31ClN4O4. The third-order valence-electron chi connectivity index (χ3n) is 6.97. The molecule has 1 unspecified atom stereocenters. The lowest BCUT2D eigenvalue weighted by molar-refractivity contribution is -0.135. The Hall–Kier alpha value is -3.88. The molecule has 3 aromatic carbocycles. The van der Waals surface area contributed by atoms with Gasteiger partial charge >= 0.3 is 0 Å². The number of aromatic nitrogens is 2. The summed E-state index contributed by atoms with van der Waals surface area (Å²) in [5, 5.41) is 1.19. The number of ether oxygens (including phenoxy) is 2. The molecule has 2 heterocycles. The van der Waals surface area contributed by atoms with Gasteiger partial charge in [-0.3, -0.25) is 19.1 Å². The fourth-order valence-electron chi connectivity index (χ4n) is 4.83. The zero-order chi connectivity index (χ0) is 27.4. The lowest BCUT2D eigenvalue weighted by atomic mass is 10.1. The predicted octanol–water partition coefficient (Wildman–Crippen LogP) is 4.72. The Morgan fingerprint density at radius 2 is 1.56 bits per heavy atom. The topological polar surface area (TPSA) is 76.9 Å².